The lowest BCUT2D eigenvalue weighted by molar-refractivity contribution is -0.138. The molecule has 0 heterocycles. The van der Waals surface area contributed by atoms with E-state index >= 15 is 0 Å². The summed E-state index contributed by atoms with van der Waals surface area (Å²) in [5.41, 5.74) is 1.73. The zero-order chi connectivity index (χ0) is 26.9. The minimum absolute atomic E-state index is 0.162. The Morgan fingerprint density at radius 1 is 0.972 bits per heavy atom. The molecule has 2 unspecified atom stereocenters. The Bertz CT molecular complexity index is 1070. The van der Waals surface area contributed by atoms with Gasteiger partial charge in [-0.2, -0.15) is 0 Å². The number of benzene rings is 2. The minimum atomic E-state index is -1.07. The first-order chi connectivity index (χ1) is 16.9. The quantitative estimate of drug-likeness (QED) is 0.403. The Labute approximate surface area is 214 Å². The molecule has 0 aromatic heterocycles. The number of aryl methyl sites for hydroxylation is 1. The van der Waals surface area contributed by atoms with Crippen LogP contribution in [0.2, 0.25) is 0 Å². The standard InChI is InChI=1S/C29H37N3O4/c1-8-21-15-17-23(18-16-21)25(26(33)30-20(3)4)32(9-2)27(34)24(19-22-13-11-10-12-14-22)31-28(35)36-29(5,6)7/h2,10-18,20,24-25H,8,19H2,1,3-7H3,(H,30,33)(H,31,35). The van der Waals surface area contributed by atoms with Crippen LogP contribution < -0.4 is 10.6 Å². The molecule has 0 saturated heterocycles. The maximum atomic E-state index is 13.8. The highest BCUT2D eigenvalue weighted by Crippen LogP contribution is 2.24. The Kier molecular flexibility index (Phi) is 10.1. The lowest BCUT2D eigenvalue weighted by atomic mass is 9.99. The molecule has 0 aliphatic carbocycles. The van der Waals surface area contributed by atoms with E-state index in [-0.39, 0.29) is 12.5 Å². The summed E-state index contributed by atoms with van der Waals surface area (Å²) in [4.78, 5) is 40.8. The van der Waals surface area contributed by atoms with Crippen molar-refractivity contribution in [3.63, 3.8) is 0 Å². The number of hydrogen-bond donors (Lipinski definition) is 2. The number of hydrogen-bond acceptors (Lipinski definition) is 4. The van der Waals surface area contributed by atoms with Crippen LogP contribution in [-0.4, -0.2) is 40.5 Å². The van der Waals surface area contributed by atoms with Gasteiger partial charge in [0.1, 0.15) is 17.7 Å². The monoisotopic (exact) mass is 491 g/mol. The lowest BCUT2D eigenvalue weighted by Gasteiger charge is -2.31. The number of nitrogens with one attached hydrogen (secondary N) is 2. The molecule has 192 valence electrons. The van der Waals surface area contributed by atoms with Gasteiger partial charge in [0.05, 0.1) is 0 Å². The number of carbonyl (C=O) groups excluding carboxylic acids is 3. The zero-order valence-electron chi connectivity index (χ0n) is 22.0. The molecule has 0 bridgehead atoms. The van der Waals surface area contributed by atoms with E-state index in [0.29, 0.717) is 5.56 Å². The van der Waals surface area contributed by atoms with Crippen molar-refractivity contribution < 1.29 is 19.1 Å². The third-order valence-electron chi connectivity index (χ3n) is 5.29. The van der Waals surface area contributed by atoms with Gasteiger partial charge in [-0.05, 0) is 57.7 Å². The van der Waals surface area contributed by atoms with Crippen LogP contribution in [0.25, 0.3) is 0 Å². The SMILES string of the molecule is C#CN(C(=O)C(Cc1ccccc1)NC(=O)OC(C)(C)C)C(C(=O)NC(C)C)c1ccc(CC)cc1. The topological polar surface area (TPSA) is 87.7 Å². The Morgan fingerprint density at radius 2 is 1.58 bits per heavy atom. The van der Waals surface area contributed by atoms with Gasteiger partial charge in [0.15, 0.2) is 0 Å². The number of amides is 3. The largest absolute Gasteiger partial charge is 0.444 e. The van der Waals surface area contributed by atoms with Gasteiger partial charge in [-0.1, -0.05) is 67.9 Å². The highest BCUT2D eigenvalue weighted by atomic mass is 16.6. The first-order valence-electron chi connectivity index (χ1n) is 12.2. The van der Waals surface area contributed by atoms with Gasteiger partial charge < -0.3 is 15.4 Å². The molecule has 2 aromatic rings. The van der Waals surface area contributed by atoms with E-state index in [9.17, 15) is 14.4 Å². The summed E-state index contributed by atoms with van der Waals surface area (Å²) >= 11 is 0. The average Bonchev–Trinajstić information content (AvgIpc) is 2.80. The van der Waals surface area contributed by atoms with Crippen molar-refractivity contribution in [2.75, 3.05) is 0 Å². The van der Waals surface area contributed by atoms with E-state index in [2.05, 4.69) is 16.7 Å². The van der Waals surface area contributed by atoms with Crippen LogP contribution in [0, 0.1) is 12.5 Å². The van der Waals surface area contributed by atoms with E-state index in [1.807, 2.05) is 63.2 Å². The molecule has 0 aliphatic rings. The molecule has 0 aliphatic heterocycles. The fourth-order valence-electron chi connectivity index (χ4n) is 3.65. The Morgan fingerprint density at radius 3 is 2.08 bits per heavy atom. The number of carbonyl (C=O) groups is 3. The van der Waals surface area contributed by atoms with Crippen LogP contribution in [0.3, 0.4) is 0 Å². The minimum Gasteiger partial charge on any atom is -0.444 e. The molecule has 2 aromatic carbocycles. The lowest BCUT2D eigenvalue weighted by Crippen LogP contribution is -2.52. The summed E-state index contributed by atoms with van der Waals surface area (Å²) in [5, 5.41) is 5.52. The predicted molar refractivity (Wildman–Crippen MR) is 141 cm³/mol. The summed E-state index contributed by atoms with van der Waals surface area (Å²) in [6.07, 6.45) is 6.09. The van der Waals surface area contributed by atoms with Crippen molar-refractivity contribution in [1.29, 1.82) is 0 Å². The predicted octanol–water partition coefficient (Wildman–Crippen LogP) is 4.37. The summed E-state index contributed by atoms with van der Waals surface area (Å²) in [6.45, 7) is 10.9. The number of nitrogens with zero attached hydrogens (tertiary/aromatic N) is 1. The third kappa shape index (κ3) is 8.46. The van der Waals surface area contributed by atoms with E-state index in [1.165, 1.54) is 0 Å². The van der Waals surface area contributed by atoms with E-state index < -0.39 is 35.6 Å². The molecular formula is C29H37N3O4. The fraction of sp³-hybridized carbons (Fsp3) is 0.414. The number of ether oxygens (including phenoxy) is 1. The van der Waals surface area contributed by atoms with Gasteiger partial charge in [0, 0.05) is 18.5 Å². The van der Waals surface area contributed by atoms with Crippen LogP contribution >= 0.6 is 0 Å². The van der Waals surface area contributed by atoms with Crippen LogP contribution in [0.15, 0.2) is 54.6 Å². The van der Waals surface area contributed by atoms with Gasteiger partial charge in [-0.15, -0.1) is 0 Å². The van der Waals surface area contributed by atoms with Crippen LogP contribution in [0.1, 0.15) is 64.3 Å². The zero-order valence-corrected chi connectivity index (χ0v) is 22.0. The van der Waals surface area contributed by atoms with Gasteiger partial charge >= 0.3 is 6.09 Å². The summed E-state index contributed by atoms with van der Waals surface area (Å²) in [7, 11) is 0. The van der Waals surface area contributed by atoms with Gasteiger partial charge in [0.25, 0.3) is 5.91 Å². The molecule has 7 nitrogen and oxygen atoms in total. The van der Waals surface area contributed by atoms with Crippen molar-refractivity contribution >= 4 is 17.9 Å². The second kappa shape index (κ2) is 12.8. The van der Waals surface area contributed by atoms with Crippen LogP contribution in [0.4, 0.5) is 4.79 Å². The third-order valence-corrected chi connectivity index (χ3v) is 5.29. The molecule has 36 heavy (non-hydrogen) atoms. The normalized spacial score (nSPS) is 12.7. The molecule has 0 radical (unpaired) electrons. The number of terminal acetylenes is 1. The molecule has 2 N–H and O–H groups in total. The number of rotatable bonds is 9. The summed E-state index contributed by atoms with van der Waals surface area (Å²) < 4.78 is 5.39. The van der Waals surface area contributed by atoms with Crippen LogP contribution in [0.5, 0.6) is 0 Å². The summed E-state index contributed by atoms with van der Waals surface area (Å²) in [6, 6.07) is 16.8. The molecule has 0 spiro atoms. The van der Waals surface area contributed by atoms with E-state index in [0.717, 1.165) is 22.4 Å². The maximum Gasteiger partial charge on any atom is 0.408 e. The Hall–Kier alpha value is -3.79. The maximum absolute atomic E-state index is 13.8. The average molecular weight is 492 g/mol. The highest BCUT2D eigenvalue weighted by molar-refractivity contribution is 5.93. The molecule has 3 amide bonds. The summed E-state index contributed by atoms with van der Waals surface area (Å²) in [5.74, 6) is -0.994. The Balaban J connectivity index is 2.47. The number of alkyl carbamates (subject to hydrolysis) is 1. The fourth-order valence-corrected chi connectivity index (χ4v) is 3.65. The van der Waals surface area contributed by atoms with Crippen molar-refractivity contribution in [3.05, 3.63) is 71.3 Å². The van der Waals surface area contributed by atoms with Gasteiger partial charge in [0.2, 0.25) is 5.91 Å². The van der Waals surface area contributed by atoms with Crippen molar-refractivity contribution in [1.82, 2.24) is 15.5 Å². The first kappa shape index (κ1) is 28.4. The van der Waals surface area contributed by atoms with Gasteiger partial charge in [-0.3, -0.25) is 14.5 Å². The van der Waals surface area contributed by atoms with E-state index in [1.54, 1.807) is 32.9 Å². The first-order valence-corrected chi connectivity index (χ1v) is 12.2. The van der Waals surface area contributed by atoms with Crippen molar-refractivity contribution in [3.8, 4) is 12.5 Å². The van der Waals surface area contributed by atoms with Crippen molar-refractivity contribution in [2.45, 2.75) is 78.1 Å². The smallest absolute Gasteiger partial charge is 0.408 e. The van der Waals surface area contributed by atoms with Gasteiger partial charge in [-0.25, -0.2) is 4.79 Å². The molecule has 2 atom stereocenters. The highest BCUT2D eigenvalue weighted by Gasteiger charge is 2.36. The van der Waals surface area contributed by atoms with E-state index in [4.69, 9.17) is 11.2 Å². The molecule has 2 rings (SSSR count). The molecule has 7 heteroatoms. The molecule has 0 saturated carbocycles. The van der Waals surface area contributed by atoms with Crippen LogP contribution in [-0.2, 0) is 27.2 Å². The second-order valence-corrected chi connectivity index (χ2v) is 9.89. The van der Waals surface area contributed by atoms with Crippen molar-refractivity contribution in [2.24, 2.45) is 0 Å². The molecule has 0 fully saturated rings. The second-order valence-electron chi connectivity index (χ2n) is 9.89. The molecular weight excluding hydrogens is 454 g/mol.